The molecule has 0 aliphatic heterocycles. The van der Waals surface area contributed by atoms with Crippen molar-refractivity contribution in [1.29, 1.82) is 0 Å². The topological polar surface area (TPSA) is 75.4 Å². The van der Waals surface area contributed by atoms with E-state index in [9.17, 15) is 9.59 Å². The normalized spacial score (nSPS) is 9.94. The minimum absolute atomic E-state index is 0.00305. The summed E-state index contributed by atoms with van der Waals surface area (Å²) in [7, 11) is 0. The van der Waals surface area contributed by atoms with E-state index in [-0.39, 0.29) is 18.4 Å². The van der Waals surface area contributed by atoms with Gasteiger partial charge in [-0.05, 0) is 38.1 Å². The van der Waals surface area contributed by atoms with Crippen molar-refractivity contribution in [3.63, 3.8) is 0 Å². The first-order chi connectivity index (χ1) is 8.62. The lowest BCUT2D eigenvalue weighted by molar-refractivity contribution is -0.114. The van der Waals surface area contributed by atoms with E-state index >= 15 is 0 Å². The number of anilines is 1. The minimum Gasteiger partial charge on any atom is -0.339 e. The number of hydrogen-bond acceptors (Lipinski definition) is 3. The molecule has 0 unspecified atom stereocenters. The van der Waals surface area contributed by atoms with Gasteiger partial charge >= 0.3 is 0 Å². The van der Waals surface area contributed by atoms with Crippen LogP contribution in [0.3, 0.4) is 0 Å². The summed E-state index contributed by atoms with van der Waals surface area (Å²) in [6.45, 7) is 5.19. The van der Waals surface area contributed by atoms with E-state index in [4.69, 9.17) is 5.73 Å². The van der Waals surface area contributed by atoms with Gasteiger partial charge in [0.1, 0.15) is 0 Å². The van der Waals surface area contributed by atoms with Crippen LogP contribution in [0.15, 0.2) is 24.3 Å². The van der Waals surface area contributed by atoms with Gasteiger partial charge in [-0.1, -0.05) is 0 Å². The van der Waals surface area contributed by atoms with Crippen LogP contribution in [0.5, 0.6) is 0 Å². The number of nitrogens with one attached hydrogen (secondary N) is 1. The predicted molar refractivity (Wildman–Crippen MR) is 71.4 cm³/mol. The van der Waals surface area contributed by atoms with Gasteiger partial charge in [0.2, 0.25) is 5.91 Å². The number of hydrogen-bond donors (Lipinski definition) is 2. The van der Waals surface area contributed by atoms with Crippen LogP contribution in [-0.4, -0.2) is 36.3 Å². The molecule has 0 saturated carbocycles. The predicted octanol–water partition coefficient (Wildman–Crippen LogP) is 1.07. The van der Waals surface area contributed by atoms with Crippen LogP contribution in [0.1, 0.15) is 24.2 Å². The third kappa shape index (κ3) is 3.56. The van der Waals surface area contributed by atoms with Gasteiger partial charge in [-0.2, -0.15) is 0 Å². The average Bonchev–Trinajstić information content (AvgIpc) is 2.40. The smallest absolute Gasteiger partial charge is 0.253 e. The highest BCUT2D eigenvalue weighted by atomic mass is 16.2. The molecule has 0 bridgehead atoms. The zero-order valence-corrected chi connectivity index (χ0v) is 10.8. The molecule has 0 atom stereocenters. The van der Waals surface area contributed by atoms with Gasteiger partial charge in [-0.3, -0.25) is 9.59 Å². The molecule has 0 radical (unpaired) electrons. The second-order valence-electron chi connectivity index (χ2n) is 3.81. The summed E-state index contributed by atoms with van der Waals surface area (Å²) >= 11 is 0. The van der Waals surface area contributed by atoms with Gasteiger partial charge in [0.05, 0.1) is 6.54 Å². The fourth-order valence-electron chi connectivity index (χ4n) is 1.60. The van der Waals surface area contributed by atoms with E-state index in [1.807, 2.05) is 13.8 Å². The standard InChI is InChI=1S/C13H19N3O2/c1-3-16(4-2)13(18)10-5-7-11(8-6-10)15-12(17)9-14/h5-8H,3-4,9,14H2,1-2H3,(H,15,17). The van der Waals surface area contributed by atoms with Crippen molar-refractivity contribution in [1.82, 2.24) is 4.90 Å². The van der Waals surface area contributed by atoms with Crippen molar-refractivity contribution in [2.45, 2.75) is 13.8 Å². The van der Waals surface area contributed by atoms with Crippen molar-refractivity contribution in [3.8, 4) is 0 Å². The number of carbonyl (C=O) groups is 2. The van der Waals surface area contributed by atoms with E-state index in [0.717, 1.165) is 0 Å². The monoisotopic (exact) mass is 249 g/mol. The van der Waals surface area contributed by atoms with E-state index < -0.39 is 0 Å². The molecule has 18 heavy (non-hydrogen) atoms. The number of amides is 2. The van der Waals surface area contributed by atoms with Crippen molar-refractivity contribution in [2.24, 2.45) is 5.73 Å². The van der Waals surface area contributed by atoms with Crippen LogP contribution in [0.2, 0.25) is 0 Å². The summed E-state index contributed by atoms with van der Waals surface area (Å²) in [5.74, 6) is -0.255. The molecule has 1 aromatic rings. The molecule has 0 aromatic heterocycles. The van der Waals surface area contributed by atoms with E-state index in [1.54, 1.807) is 29.2 Å². The van der Waals surface area contributed by atoms with Gasteiger partial charge in [-0.15, -0.1) is 0 Å². The summed E-state index contributed by atoms with van der Waals surface area (Å²) in [5, 5.41) is 2.63. The number of benzene rings is 1. The molecular weight excluding hydrogens is 230 g/mol. The Kier molecular flexibility index (Phi) is 5.32. The second-order valence-corrected chi connectivity index (χ2v) is 3.81. The van der Waals surface area contributed by atoms with Crippen LogP contribution in [0, 0.1) is 0 Å². The number of carbonyl (C=O) groups excluding carboxylic acids is 2. The molecule has 0 spiro atoms. The maximum atomic E-state index is 12.0. The fraction of sp³-hybridized carbons (Fsp3) is 0.385. The second kappa shape index (κ2) is 6.76. The maximum absolute atomic E-state index is 12.0. The number of nitrogens with two attached hydrogens (primary N) is 1. The molecule has 0 aliphatic rings. The highest BCUT2D eigenvalue weighted by Crippen LogP contribution is 2.11. The van der Waals surface area contributed by atoms with Gasteiger partial charge in [0, 0.05) is 24.3 Å². The lowest BCUT2D eigenvalue weighted by Gasteiger charge is -2.18. The van der Waals surface area contributed by atoms with E-state index in [1.165, 1.54) is 0 Å². The zero-order chi connectivity index (χ0) is 13.5. The summed E-state index contributed by atoms with van der Waals surface area (Å²) in [6.07, 6.45) is 0. The third-order valence-electron chi connectivity index (χ3n) is 2.65. The Morgan fingerprint density at radius 3 is 2.17 bits per heavy atom. The Balaban J connectivity index is 2.76. The number of rotatable bonds is 5. The molecule has 2 amide bonds. The van der Waals surface area contributed by atoms with Crippen LogP contribution in [0.25, 0.3) is 0 Å². The molecule has 0 heterocycles. The zero-order valence-electron chi connectivity index (χ0n) is 10.8. The first-order valence-corrected chi connectivity index (χ1v) is 6.01. The largest absolute Gasteiger partial charge is 0.339 e. The highest BCUT2D eigenvalue weighted by molar-refractivity contribution is 5.96. The Labute approximate surface area is 107 Å². The molecule has 1 rings (SSSR count). The van der Waals surface area contributed by atoms with Gasteiger partial charge in [0.25, 0.3) is 5.91 Å². The van der Waals surface area contributed by atoms with Crippen LogP contribution >= 0.6 is 0 Å². The summed E-state index contributed by atoms with van der Waals surface area (Å²) in [5.41, 5.74) is 6.46. The van der Waals surface area contributed by atoms with E-state index in [2.05, 4.69) is 5.32 Å². The molecule has 3 N–H and O–H groups in total. The van der Waals surface area contributed by atoms with Gasteiger partial charge < -0.3 is 16.0 Å². The van der Waals surface area contributed by atoms with Crippen molar-refractivity contribution in [2.75, 3.05) is 25.0 Å². The molecule has 0 fully saturated rings. The van der Waals surface area contributed by atoms with Crippen molar-refractivity contribution in [3.05, 3.63) is 29.8 Å². The molecule has 5 heteroatoms. The van der Waals surface area contributed by atoms with Crippen molar-refractivity contribution >= 4 is 17.5 Å². The van der Waals surface area contributed by atoms with Crippen LogP contribution in [0.4, 0.5) is 5.69 Å². The van der Waals surface area contributed by atoms with Crippen molar-refractivity contribution < 1.29 is 9.59 Å². The highest BCUT2D eigenvalue weighted by Gasteiger charge is 2.11. The lowest BCUT2D eigenvalue weighted by atomic mass is 10.2. The quantitative estimate of drug-likeness (QED) is 0.819. The molecule has 5 nitrogen and oxygen atoms in total. The maximum Gasteiger partial charge on any atom is 0.253 e. The Bertz CT molecular complexity index is 411. The Morgan fingerprint density at radius 2 is 1.72 bits per heavy atom. The minimum atomic E-state index is -0.252. The molecule has 1 aromatic carbocycles. The Hall–Kier alpha value is -1.88. The van der Waals surface area contributed by atoms with Crippen LogP contribution < -0.4 is 11.1 Å². The van der Waals surface area contributed by atoms with Gasteiger partial charge in [0.15, 0.2) is 0 Å². The summed E-state index contributed by atoms with van der Waals surface area (Å²) < 4.78 is 0. The summed E-state index contributed by atoms with van der Waals surface area (Å²) in [4.78, 5) is 24.8. The van der Waals surface area contributed by atoms with Gasteiger partial charge in [-0.25, -0.2) is 0 Å². The lowest BCUT2D eigenvalue weighted by Crippen LogP contribution is -2.30. The fourth-order valence-corrected chi connectivity index (χ4v) is 1.60. The van der Waals surface area contributed by atoms with Crippen LogP contribution in [-0.2, 0) is 4.79 Å². The number of nitrogens with zero attached hydrogens (tertiary/aromatic N) is 1. The van der Waals surface area contributed by atoms with E-state index in [0.29, 0.717) is 24.3 Å². The first-order valence-electron chi connectivity index (χ1n) is 6.01. The molecule has 0 saturated heterocycles. The first kappa shape index (κ1) is 14.2. The average molecular weight is 249 g/mol. The Morgan fingerprint density at radius 1 is 1.17 bits per heavy atom. The summed E-state index contributed by atoms with van der Waals surface area (Å²) in [6, 6.07) is 6.80. The molecule has 98 valence electrons. The SMILES string of the molecule is CCN(CC)C(=O)c1ccc(NC(=O)CN)cc1. The molecule has 0 aliphatic carbocycles. The molecular formula is C13H19N3O2. The third-order valence-corrected chi connectivity index (χ3v) is 2.65.